The maximum Gasteiger partial charge on any atom is 0.161 e. The monoisotopic (exact) mass is 207 g/mol. The summed E-state index contributed by atoms with van der Waals surface area (Å²) in [6, 6.07) is 6.08. The van der Waals surface area contributed by atoms with Gasteiger partial charge in [0.1, 0.15) is 0 Å². The molecule has 1 aromatic carbocycles. The molecule has 0 amide bonds. The first-order chi connectivity index (χ1) is 7.33. The van der Waals surface area contributed by atoms with E-state index in [-0.39, 0.29) is 0 Å². The van der Waals surface area contributed by atoms with E-state index in [2.05, 4.69) is 11.4 Å². The summed E-state index contributed by atoms with van der Waals surface area (Å²) in [5.74, 6) is 1.69. The number of hydrogen-bond acceptors (Lipinski definition) is 3. The minimum Gasteiger partial charge on any atom is -0.493 e. The van der Waals surface area contributed by atoms with E-state index >= 15 is 0 Å². The van der Waals surface area contributed by atoms with Crippen LogP contribution in [-0.4, -0.2) is 20.3 Å². The third kappa shape index (κ3) is 2.63. The molecule has 2 rings (SSSR count). The Morgan fingerprint density at radius 1 is 1.33 bits per heavy atom. The van der Waals surface area contributed by atoms with Crippen molar-refractivity contribution in [1.82, 2.24) is 5.32 Å². The molecule has 0 aromatic heterocycles. The van der Waals surface area contributed by atoms with Crippen molar-refractivity contribution in [1.29, 1.82) is 0 Å². The van der Waals surface area contributed by atoms with Crippen molar-refractivity contribution < 1.29 is 9.47 Å². The van der Waals surface area contributed by atoms with Gasteiger partial charge in [0, 0.05) is 6.54 Å². The van der Waals surface area contributed by atoms with Gasteiger partial charge in [-0.2, -0.15) is 0 Å². The Balaban J connectivity index is 2.14. The fourth-order valence-corrected chi connectivity index (χ4v) is 1.49. The average Bonchev–Trinajstić information content (AvgIpc) is 3.04. The summed E-state index contributed by atoms with van der Waals surface area (Å²) in [4.78, 5) is 0. The first-order valence-corrected chi connectivity index (χ1v) is 5.31. The minimum absolute atomic E-state index is 0.411. The fourth-order valence-electron chi connectivity index (χ4n) is 1.49. The second kappa shape index (κ2) is 4.53. The summed E-state index contributed by atoms with van der Waals surface area (Å²) < 4.78 is 11.0. The summed E-state index contributed by atoms with van der Waals surface area (Å²) in [7, 11) is 3.61. The van der Waals surface area contributed by atoms with E-state index in [4.69, 9.17) is 9.47 Å². The van der Waals surface area contributed by atoms with Crippen LogP contribution in [0.15, 0.2) is 18.2 Å². The highest BCUT2D eigenvalue weighted by Gasteiger charge is 2.24. The molecule has 1 N–H and O–H groups in total. The van der Waals surface area contributed by atoms with Crippen molar-refractivity contribution in [3.63, 3.8) is 0 Å². The zero-order chi connectivity index (χ0) is 10.7. The van der Waals surface area contributed by atoms with E-state index in [1.54, 1.807) is 7.11 Å². The lowest BCUT2D eigenvalue weighted by Crippen LogP contribution is -2.06. The predicted octanol–water partition coefficient (Wildman–Crippen LogP) is 1.96. The zero-order valence-corrected chi connectivity index (χ0v) is 9.25. The molecule has 1 saturated carbocycles. The highest BCUT2D eigenvalue weighted by atomic mass is 16.5. The largest absolute Gasteiger partial charge is 0.493 e. The van der Waals surface area contributed by atoms with E-state index in [1.807, 2.05) is 19.2 Å². The molecule has 0 aliphatic heterocycles. The zero-order valence-electron chi connectivity index (χ0n) is 9.25. The van der Waals surface area contributed by atoms with Crippen LogP contribution < -0.4 is 14.8 Å². The van der Waals surface area contributed by atoms with Crippen LogP contribution in [0.25, 0.3) is 0 Å². The highest BCUT2D eigenvalue weighted by molar-refractivity contribution is 5.43. The summed E-state index contributed by atoms with van der Waals surface area (Å²) in [5, 5.41) is 3.11. The van der Waals surface area contributed by atoms with Crippen LogP contribution in [-0.2, 0) is 6.54 Å². The van der Waals surface area contributed by atoms with Crippen LogP contribution in [0.3, 0.4) is 0 Å². The van der Waals surface area contributed by atoms with E-state index in [9.17, 15) is 0 Å². The van der Waals surface area contributed by atoms with Gasteiger partial charge in [-0.05, 0) is 37.6 Å². The number of ether oxygens (including phenoxy) is 2. The van der Waals surface area contributed by atoms with Gasteiger partial charge in [-0.25, -0.2) is 0 Å². The summed E-state index contributed by atoms with van der Waals surface area (Å²) in [5.41, 5.74) is 1.21. The van der Waals surface area contributed by atoms with Gasteiger partial charge in [0.05, 0.1) is 13.2 Å². The SMILES string of the molecule is CNCc1ccc(OC2CC2)c(OC)c1. The molecule has 1 aliphatic carbocycles. The van der Waals surface area contributed by atoms with Crippen molar-refractivity contribution in [2.24, 2.45) is 0 Å². The van der Waals surface area contributed by atoms with Crippen LogP contribution in [0.4, 0.5) is 0 Å². The Labute approximate surface area is 90.4 Å². The molecule has 1 aliphatic rings. The summed E-state index contributed by atoms with van der Waals surface area (Å²) in [6.45, 7) is 0.847. The highest BCUT2D eigenvalue weighted by Crippen LogP contribution is 2.33. The van der Waals surface area contributed by atoms with Gasteiger partial charge >= 0.3 is 0 Å². The Kier molecular flexibility index (Phi) is 3.11. The number of benzene rings is 1. The van der Waals surface area contributed by atoms with E-state index in [0.717, 1.165) is 18.0 Å². The van der Waals surface area contributed by atoms with E-state index in [0.29, 0.717) is 6.10 Å². The summed E-state index contributed by atoms with van der Waals surface area (Å²) >= 11 is 0. The fraction of sp³-hybridized carbons (Fsp3) is 0.500. The molecule has 3 heteroatoms. The first kappa shape index (κ1) is 10.3. The van der Waals surface area contributed by atoms with Crippen LogP contribution in [0.1, 0.15) is 18.4 Å². The van der Waals surface area contributed by atoms with E-state index in [1.165, 1.54) is 18.4 Å². The molecule has 0 unspecified atom stereocenters. The molecular weight excluding hydrogens is 190 g/mol. The van der Waals surface area contributed by atoms with Crippen LogP contribution in [0.5, 0.6) is 11.5 Å². The lowest BCUT2D eigenvalue weighted by molar-refractivity contribution is 0.282. The lowest BCUT2D eigenvalue weighted by Gasteiger charge is -2.11. The Morgan fingerprint density at radius 2 is 2.13 bits per heavy atom. The van der Waals surface area contributed by atoms with Crippen LogP contribution in [0.2, 0.25) is 0 Å². The van der Waals surface area contributed by atoms with Gasteiger partial charge in [-0.1, -0.05) is 6.07 Å². The first-order valence-electron chi connectivity index (χ1n) is 5.31. The molecule has 82 valence electrons. The van der Waals surface area contributed by atoms with Gasteiger partial charge < -0.3 is 14.8 Å². The molecular formula is C12H17NO2. The third-order valence-electron chi connectivity index (χ3n) is 2.43. The maximum atomic E-state index is 5.74. The average molecular weight is 207 g/mol. The van der Waals surface area contributed by atoms with Crippen LogP contribution in [0, 0.1) is 0 Å². The number of methoxy groups -OCH3 is 1. The topological polar surface area (TPSA) is 30.5 Å². The third-order valence-corrected chi connectivity index (χ3v) is 2.43. The van der Waals surface area contributed by atoms with Gasteiger partial charge in [0.25, 0.3) is 0 Å². The second-order valence-corrected chi connectivity index (χ2v) is 3.83. The Morgan fingerprint density at radius 3 is 2.73 bits per heavy atom. The lowest BCUT2D eigenvalue weighted by atomic mass is 10.2. The normalized spacial score (nSPS) is 15.1. The predicted molar refractivity (Wildman–Crippen MR) is 59.4 cm³/mol. The quantitative estimate of drug-likeness (QED) is 0.800. The molecule has 0 saturated heterocycles. The molecule has 0 radical (unpaired) electrons. The minimum atomic E-state index is 0.411. The molecule has 0 heterocycles. The standard InChI is InChI=1S/C12H17NO2/c1-13-8-9-3-6-11(12(7-9)14-2)15-10-4-5-10/h3,6-7,10,13H,4-5,8H2,1-2H3. The Bertz CT molecular complexity index is 334. The smallest absolute Gasteiger partial charge is 0.161 e. The van der Waals surface area contributed by atoms with Gasteiger partial charge in [-0.15, -0.1) is 0 Å². The molecule has 1 fully saturated rings. The van der Waals surface area contributed by atoms with Gasteiger partial charge in [-0.3, -0.25) is 0 Å². The van der Waals surface area contributed by atoms with Crippen molar-refractivity contribution in [2.75, 3.05) is 14.2 Å². The van der Waals surface area contributed by atoms with Gasteiger partial charge in [0.15, 0.2) is 11.5 Å². The molecule has 0 bridgehead atoms. The molecule has 1 aromatic rings. The second-order valence-electron chi connectivity index (χ2n) is 3.83. The number of rotatable bonds is 5. The van der Waals surface area contributed by atoms with Crippen molar-refractivity contribution in [3.8, 4) is 11.5 Å². The molecule has 0 atom stereocenters. The summed E-state index contributed by atoms with van der Waals surface area (Å²) in [6.07, 6.45) is 2.75. The Hall–Kier alpha value is -1.22. The molecule has 15 heavy (non-hydrogen) atoms. The number of nitrogens with one attached hydrogen (secondary N) is 1. The van der Waals surface area contributed by atoms with Crippen LogP contribution >= 0.6 is 0 Å². The van der Waals surface area contributed by atoms with Crippen molar-refractivity contribution in [3.05, 3.63) is 23.8 Å². The molecule has 0 spiro atoms. The van der Waals surface area contributed by atoms with Gasteiger partial charge in [0.2, 0.25) is 0 Å². The van der Waals surface area contributed by atoms with Crippen molar-refractivity contribution in [2.45, 2.75) is 25.5 Å². The van der Waals surface area contributed by atoms with E-state index < -0.39 is 0 Å². The number of hydrogen-bond donors (Lipinski definition) is 1. The molecule has 3 nitrogen and oxygen atoms in total. The maximum absolute atomic E-state index is 5.74. The van der Waals surface area contributed by atoms with Crippen molar-refractivity contribution >= 4 is 0 Å².